The molecule has 1 aromatic heterocycles. The maximum Gasteiger partial charge on any atom is 0.405 e. The minimum Gasteiger partial charge on any atom is -0.403 e. The van der Waals surface area contributed by atoms with Gasteiger partial charge in [-0.1, -0.05) is 0 Å². The number of anilines is 1. The highest BCUT2D eigenvalue weighted by molar-refractivity contribution is 5.33. The summed E-state index contributed by atoms with van der Waals surface area (Å²) in [5.41, 5.74) is 10.4. The lowest BCUT2D eigenvalue weighted by Crippen LogP contribution is -2.34. The first kappa shape index (κ1) is 16.1. The van der Waals surface area contributed by atoms with Crippen molar-refractivity contribution in [2.24, 2.45) is 5.73 Å². The van der Waals surface area contributed by atoms with Crippen LogP contribution in [0, 0.1) is 5.95 Å². The second-order valence-corrected chi connectivity index (χ2v) is 3.92. The molecule has 1 unspecified atom stereocenters. The van der Waals surface area contributed by atoms with Gasteiger partial charge in [0.05, 0.1) is 18.5 Å². The molecule has 0 aliphatic carbocycles. The molecule has 0 aliphatic rings. The predicted octanol–water partition coefficient (Wildman–Crippen LogP) is 0.744. The van der Waals surface area contributed by atoms with Gasteiger partial charge in [0.15, 0.2) is 0 Å². The van der Waals surface area contributed by atoms with Gasteiger partial charge in [0.1, 0.15) is 18.3 Å². The number of rotatable bonds is 6. The molecule has 1 atom stereocenters. The molecule has 0 aliphatic heterocycles. The van der Waals surface area contributed by atoms with E-state index >= 15 is 0 Å². The Balaban J connectivity index is 2.93. The quantitative estimate of drug-likeness (QED) is 0.674. The molecular weight excluding hydrogens is 282 g/mol. The number of methoxy groups -OCH3 is 1. The number of nitrogen functional groups attached to an aromatic ring is 1. The molecule has 114 valence electrons. The number of hydrogen-bond acceptors (Lipinski definition) is 5. The van der Waals surface area contributed by atoms with Crippen LogP contribution in [0.4, 0.5) is 23.2 Å². The largest absolute Gasteiger partial charge is 0.405 e. The Morgan fingerprint density at radius 3 is 2.65 bits per heavy atom. The number of alkyl halides is 3. The molecule has 0 saturated carbocycles. The summed E-state index contributed by atoms with van der Waals surface area (Å²) in [6.45, 7) is -1.34. The van der Waals surface area contributed by atoms with Crippen LogP contribution in [0.1, 0.15) is 6.04 Å². The minimum absolute atomic E-state index is 0.00771. The molecule has 0 bridgehead atoms. The zero-order valence-corrected chi connectivity index (χ0v) is 10.6. The molecule has 1 rings (SSSR count). The van der Waals surface area contributed by atoms with E-state index < -0.39 is 24.7 Å². The molecule has 10 heteroatoms. The minimum atomic E-state index is -4.42. The van der Waals surface area contributed by atoms with E-state index in [1.54, 1.807) is 0 Å². The van der Waals surface area contributed by atoms with E-state index in [2.05, 4.69) is 10.4 Å². The van der Waals surface area contributed by atoms with Crippen molar-refractivity contribution < 1.29 is 22.3 Å². The first-order valence-corrected chi connectivity index (χ1v) is 5.50. The number of halogens is 4. The fraction of sp³-hybridized carbons (Fsp3) is 0.500. The summed E-state index contributed by atoms with van der Waals surface area (Å²) < 4.78 is 55.7. The van der Waals surface area contributed by atoms with E-state index in [0.29, 0.717) is 0 Å². The third-order valence-electron chi connectivity index (χ3n) is 2.39. The van der Waals surface area contributed by atoms with Crippen molar-refractivity contribution in [3.05, 3.63) is 24.0 Å². The zero-order valence-electron chi connectivity index (χ0n) is 10.6. The van der Waals surface area contributed by atoms with Crippen LogP contribution in [0.25, 0.3) is 0 Å². The SMILES string of the molecule is COCC(/C(=C/N)NCC(F)(F)F)n1cc(N)c(F)n1. The van der Waals surface area contributed by atoms with Gasteiger partial charge in [0.25, 0.3) is 5.95 Å². The van der Waals surface area contributed by atoms with Crippen LogP contribution in [0.3, 0.4) is 0 Å². The van der Waals surface area contributed by atoms with Crippen molar-refractivity contribution in [2.75, 3.05) is 26.0 Å². The van der Waals surface area contributed by atoms with E-state index in [0.717, 1.165) is 17.1 Å². The summed E-state index contributed by atoms with van der Waals surface area (Å²) >= 11 is 0. The summed E-state index contributed by atoms with van der Waals surface area (Å²) in [4.78, 5) is 0. The van der Waals surface area contributed by atoms with Crippen LogP contribution >= 0.6 is 0 Å². The number of hydrogen-bond donors (Lipinski definition) is 3. The zero-order chi connectivity index (χ0) is 15.3. The number of nitrogens with one attached hydrogen (secondary N) is 1. The predicted molar refractivity (Wildman–Crippen MR) is 63.8 cm³/mol. The highest BCUT2D eigenvalue weighted by atomic mass is 19.4. The van der Waals surface area contributed by atoms with E-state index in [1.165, 1.54) is 7.11 Å². The van der Waals surface area contributed by atoms with Crippen LogP contribution in [0.2, 0.25) is 0 Å². The smallest absolute Gasteiger partial charge is 0.403 e. The molecule has 0 amide bonds. The lowest BCUT2D eigenvalue weighted by atomic mass is 10.2. The van der Waals surface area contributed by atoms with Gasteiger partial charge in [-0.25, -0.2) is 0 Å². The average Bonchev–Trinajstić information content (AvgIpc) is 2.67. The number of nitrogens with zero attached hydrogens (tertiary/aromatic N) is 2. The van der Waals surface area contributed by atoms with Crippen molar-refractivity contribution in [1.29, 1.82) is 0 Å². The van der Waals surface area contributed by atoms with Gasteiger partial charge in [-0.3, -0.25) is 4.68 Å². The molecule has 5 N–H and O–H groups in total. The second kappa shape index (κ2) is 6.46. The van der Waals surface area contributed by atoms with E-state index in [-0.39, 0.29) is 18.0 Å². The summed E-state index contributed by atoms with van der Waals surface area (Å²) in [5, 5.41) is 5.60. The summed E-state index contributed by atoms with van der Waals surface area (Å²) in [6.07, 6.45) is -2.32. The number of ether oxygens (including phenoxy) is 1. The topological polar surface area (TPSA) is 91.1 Å². The van der Waals surface area contributed by atoms with Crippen molar-refractivity contribution in [3.63, 3.8) is 0 Å². The molecule has 0 fully saturated rings. The average molecular weight is 297 g/mol. The molecule has 20 heavy (non-hydrogen) atoms. The lowest BCUT2D eigenvalue weighted by Gasteiger charge is -2.21. The molecule has 0 aromatic carbocycles. The number of aromatic nitrogens is 2. The Hall–Kier alpha value is -1.97. The van der Waals surface area contributed by atoms with E-state index in [1.807, 2.05) is 0 Å². The van der Waals surface area contributed by atoms with Gasteiger partial charge in [0, 0.05) is 13.3 Å². The monoisotopic (exact) mass is 297 g/mol. The summed E-state index contributed by atoms with van der Waals surface area (Å²) in [5.74, 6) is -0.918. The molecular formula is C10H15F4N5O. The van der Waals surface area contributed by atoms with Crippen LogP contribution in [-0.2, 0) is 4.74 Å². The Bertz CT molecular complexity index is 451. The van der Waals surface area contributed by atoms with Crippen molar-refractivity contribution in [2.45, 2.75) is 12.2 Å². The Kier molecular flexibility index (Phi) is 5.19. The van der Waals surface area contributed by atoms with E-state index in [9.17, 15) is 17.6 Å². The third kappa shape index (κ3) is 4.30. The fourth-order valence-corrected chi connectivity index (χ4v) is 1.50. The Morgan fingerprint density at radius 2 is 2.25 bits per heavy atom. The second-order valence-electron chi connectivity index (χ2n) is 3.92. The molecule has 1 aromatic rings. The van der Waals surface area contributed by atoms with Crippen molar-refractivity contribution in [1.82, 2.24) is 15.1 Å². The lowest BCUT2D eigenvalue weighted by molar-refractivity contribution is -0.123. The summed E-state index contributed by atoms with van der Waals surface area (Å²) in [6, 6.07) is -0.848. The van der Waals surface area contributed by atoms with Crippen molar-refractivity contribution in [3.8, 4) is 0 Å². The molecule has 6 nitrogen and oxygen atoms in total. The van der Waals surface area contributed by atoms with Crippen LogP contribution < -0.4 is 16.8 Å². The van der Waals surface area contributed by atoms with E-state index in [4.69, 9.17) is 16.2 Å². The first-order valence-electron chi connectivity index (χ1n) is 5.50. The maximum atomic E-state index is 13.1. The standard InChI is InChI=1S/C10H15F4N5O/c1-20-4-8(19-3-6(16)9(11)18-19)7(2-15)17-5-10(12,13)14/h2-3,8,17H,4-5,15-16H2,1H3/b7-2-. The van der Waals surface area contributed by atoms with Gasteiger partial charge in [-0.2, -0.15) is 17.6 Å². The van der Waals surface area contributed by atoms with Crippen LogP contribution in [0.5, 0.6) is 0 Å². The normalized spacial score (nSPS) is 14.3. The number of nitrogens with two attached hydrogens (primary N) is 2. The van der Waals surface area contributed by atoms with Gasteiger partial charge >= 0.3 is 6.18 Å². The first-order chi connectivity index (χ1) is 9.28. The highest BCUT2D eigenvalue weighted by Crippen LogP contribution is 2.20. The van der Waals surface area contributed by atoms with Gasteiger partial charge in [0.2, 0.25) is 0 Å². The van der Waals surface area contributed by atoms with Gasteiger partial charge < -0.3 is 21.5 Å². The maximum absolute atomic E-state index is 13.1. The van der Waals surface area contributed by atoms with Crippen LogP contribution in [0.15, 0.2) is 18.1 Å². The summed E-state index contributed by atoms with van der Waals surface area (Å²) in [7, 11) is 1.34. The highest BCUT2D eigenvalue weighted by Gasteiger charge is 2.29. The molecule has 0 radical (unpaired) electrons. The van der Waals surface area contributed by atoms with Crippen molar-refractivity contribution >= 4 is 5.69 Å². The van der Waals surface area contributed by atoms with Gasteiger partial charge in [-0.05, 0) is 0 Å². The Morgan fingerprint density at radius 1 is 1.60 bits per heavy atom. The fourth-order valence-electron chi connectivity index (χ4n) is 1.50. The molecule has 0 spiro atoms. The third-order valence-corrected chi connectivity index (χ3v) is 2.39. The Labute approximate surface area is 112 Å². The molecule has 0 saturated heterocycles. The van der Waals surface area contributed by atoms with Gasteiger partial charge in [-0.15, -0.1) is 5.10 Å². The van der Waals surface area contributed by atoms with Crippen LogP contribution in [-0.4, -0.2) is 36.2 Å². The molecule has 1 heterocycles.